The Balaban J connectivity index is 2.10. The molecule has 0 aliphatic carbocycles. The highest BCUT2D eigenvalue weighted by molar-refractivity contribution is 6.31. The monoisotopic (exact) mass is 263 g/mol. The minimum Gasteiger partial charge on any atom is -0.476 e. The molecular weight excluding hydrogens is 258 g/mol. The van der Waals surface area contributed by atoms with Crippen LogP contribution in [0.3, 0.4) is 0 Å². The molecule has 18 heavy (non-hydrogen) atoms. The molecule has 2 heterocycles. The highest BCUT2D eigenvalue weighted by atomic mass is 35.5. The van der Waals surface area contributed by atoms with E-state index in [0.717, 1.165) is 5.39 Å². The number of hydrogen-bond acceptors (Lipinski definition) is 4. The quantitative estimate of drug-likeness (QED) is 0.766. The van der Waals surface area contributed by atoms with E-state index in [0.29, 0.717) is 16.4 Å². The highest BCUT2D eigenvalue weighted by Gasteiger charge is 2.15. The smallest absolute Gasteiger partial charge is 0.358 e. The van der Waals surface area contributed by atoms with Gasteiger partial charge in [-0.25, -0.2) is 4.79 Å². The number of furan rings is 1. The van der Waals surface area contributed by atoms with Crippen LogP contribution in [0.1, 0.15) is 10.5 Å². The van der Waals surface area contributed by atoms with E-state index in [4.69, 9.17) is 25.6 Å². The molecule has 2 aromatic heterocycles. The number of benzene rings is 1. The van der Waals surface area contributed by atoms with Crippen LogP contribution >= 0.6 is 11.6 Å². The molecule has 1 aromatic carbocycles. The number of carbonyl (C=O) groups is 1. The van der Waals surface area contributed by atoms with E-state index in [1.807, 2.05) is 0 Å². The van der Waals surface area contributed by atoms with Crippen molar-refractivity contribution in [3.63, 3.8) is 0 Å². The number of carboxylic acids is 1. The van der Waals surface area contributed by atoms with Crippen LogP contribution in [0.2, 0.25) is 5.02 Å². The Morgan fingerprint density at radius 1 is 1.22 bits per heavy atom. The van der Waals surface area contributed by atoms with E-state index in [9.17, 15) is 4.79 Å². The highest BCUT2D eigenvalue weighted by Crippen LogP contribution is 2.29. The van der Waals surface area contributed by atoms with Crippen LogP contribution in [0.25, 0.3) is 22.5 Å². The summed E-state index contributed by atoms with van der Waals surface area (Å²) in [5, 5.41) is 13.6. The molecule has 0 aliphatic heterocycles. The van der Waals surface area contributed by atoms with Crippen LogP contribution < -0.4 is 0 Å². The van der Waals surface area contributed by atoms with Gasteiger partial charge in [0.05, 0.1) is 0 Å². The van der Waals surface area contributed by atoms with Crippen molar-refractivity contribution in [1.82, 2.24) is 5.16 Å². The van der Waals surface area contributed by atoms with Crippen LogP contribution in [0.5, 0.6) is 0 Å². The largest absolute Gasteiger partial charge is 0.476 e. The molecule has 90 valence electrons. The summed E-state index contributed by atoms with van der Waals surface area (Å²) in [4.78, 5) is 10.7. The van der Waals surface area contributed by atoms with Gasteiger partial charge in [0.25, 0.3) is 0 Å². The molecule has 6 heteroatoms. The van der Waals surface area contributed by atoms with Gasteiger partial charge in [0.2, 0.25) is 5.76 Å². The van der Waals surface area contributed by atoms with Crippen LogP contribution in [0, 0.1) is 0 Å². The summed E-state index contributed by atoms with van der Waals surface area (Å²) in [6.45, 7) is 0. The molecule has 1 N–H and O–H groups in total. The van der Waals surface area contributed by atoms with Gasteiger partial charge in [0.15, 0.2) is 11.5 Å². The lowest BCUT2D eigenvalue weighted by atomic mass is 10.2. The molecule has 0 unspecified atom stereocenters. The first-order valence-corrected chi connectivity index (χ1v) is 5.41. The number of halogens is 1. The van der Waals surface area contributed by atoms with Crippen LogP contribution in [0.4, 0.5) is 0 Å². The Hall–Kier alpha value is -2.27. The lowest BCUT2D eigenvalue weighted by Gasteiger charge is -1.88. The SMILES string of the molecule is O=C(O)c1cc(-c2cc3ccc(Cl)cc3o2)on1. The molecule has 0 aliphatic rings. The van der Waals surface area contributed by atoms with Gasteiger partial charge < -0.3 is 14.0 Å². The van der Waals surface area contributed by atoms with Crippen molar-refractivity contribution >= 4 is 28.5 Å². The molecule has 3 rings (SSSR count). The van der Waals surface area contributed by atoms with Gasteiger partial charge in [-0.3, -0.25) is 0 Å². The predicted molar refractivity (Wildman–Crippen MR) is 63.7 cm³/mol. The number of aromatic carboxylic acids is 1. The standard InChI is InChI=1S/C12H6ClNO4/c13-7-2-1-6-3-10(17-9(6)4-7)11-5-8(12(15)16)14-18-11/h1-5H,(H,15,16). The van der Waals surface area contributed by atoms with Gasteiger partial charge in [-0.15, -0.1) is 0 Å². The first kappa shape index (κ1) is 10.9. The summed E-state index contributed by atoms with van der Waals surface area (Å²) < 4.78 is 10.4. The van der Waals surface area contributed by atoms with Gasteiger partial charge in [-0.05, 0) is 18.2 Å². The average molecular weight is 264 g/mol. The lowest BCUT2D eigenvalue weighted by Crippen LogP contribution is -1.94. The molecule has 0 atom stereocenters. The number of rotatable bonds is 2. The third-order valence-corrected chi connectivity index (χ3v) is 2.69. The number of nitrogens with zero attached hydrogens (tertiary/aromatic N) is 1. The fraction of sp³-hybridized carbons (Fsp3) is 0. The van der Waals surface area contributed by atoms with Crippen molar-refractivity contribution in [2.75, 3.05) is 0 Å². The van der Waals surface area contributed by atoms with Crippen molar-refractivity contribution < 1.29 is 18.8 Å². The number of fused-ring (bicyclic) bond motifs is 1. The zero-order chi connectivity index (χ0) is 12.7. The maximum atomic E-state index is 10.7. The van der Waals surface area contributed by atoms with E-state index in [1.54, 1.807) is 24.3 Å². The van der Waals surface area contributed by atoms with Gasteiger partial charge in [-0.2, -0.15) is 0 Å². The van der Waals surface area contributed by atoms with Gasteiger partial charge >= 0.3 is 5.97 Å². The Morgan fingerprint density at radius 3 is 2.78 bits per heavy atom. The third kappa shape index (κ3) is 1.74. The van der Waals surface area contributed by atoms with E-state index >= 15 is 0 Å². The van der Waals surface area contributed by atoms with Crippen LogP contribution in [-0.4, -0.2) is 16.2 Å². The molecule has 0 radical (unpaired) electrons. The second-order valence-electron chi connectivity index (χ2n) is 3.67. The van der Waals surface area contributed by atoms with Crippen LogP contribution in [-0.2, 0) is 0 Å². The molecule has 0 saturated carbocycles. The Labute approximate surface area is 106 Å². The third-order valence-electron chi connectivity index (χ3n) is 2.45. The normalized spacial score (nSPS) is 10.9. The fourth-order valence-electron chi connectivity index (χ4n) is 1.62. The maximum Gasteiger partial charge on any atom is 0.358 e. The van der Waals surface area contributed by atoms with Crippen LogP contribution in [0.15, 0.2) is 39.3 Å². The first-order chi connectivity index (χ1) is 8.63. The van der Waals surface area contributed by atoms with Gasteiger partial charge in [0.1, 0.15) is 5.58 Å². The Morgan fingerprint density at radius 2 is 2.06 bits per heavy atom. The summed E-state index contributed by atoms with van der Waals surface area (Å²) in [7, 11) is 0. The number of carboxylic acid groups (broad SMARTS) is 1. The average Bonchev–Trinajstić information content (AvgIpc) is 2.93. The summed E-state index contributed by atoms with van der Waals surface area (Å²) in [5.74, 6) is -0.476. The van der Waals surface area contributed by atoms with Gasteiger partial charge in [-0.1, -0.05) is 16.8 Å². The lowest BCUT2D eigenvalue weighted by molar-refractivity contribution is 0.0686. The van der Waals surface area contributed by atoms with Crippen molar-refractivity contribution in [2.45, 2.75) is 0 Å². The molecule has 0 fully saturated rings. The zero-order valence-corrected chi connectivity index (χ0v) is 9.64. The summed E-state index contributed by atoms with van der Waals surface area (Å²) >= 11 is 5.85. The van der Waals surface area contributed by atoms with Crippen molar-refractivity contribution in [1.29, 1.82) is 0 Å². The number of aromatic nitrogens is 1. The molecule has 3 aromatic rings. The zero-order valence-electron chi connectivity index (χ0n) is 8.88. The van der Waals surface area contributed by atoms with E-state index < -0.39 is 5.97 Å². The second kappa shape index (κ2) is 3.89. The Kier molecular flexibility index (Phi) is 2.34. The summed E-state index contributed by atoms with van der Waals surface area (Å²) in [5.41, 5.74) is 0.439. The molecule has 0 amide bonds. The topological polar surface area (TPSA) is 76.5 Å². The van der Waals surface area contributed by atoms with E-state index in [-0.39, 0.29) is 11.5 Å². The van der Waals surface area contributed by atoms with E-state index in [1.165, 1.54) is 6.07 Å². The van der Waals surface area contributed by atoms with E-state index in [2.05, 4.69) is 5.16 Å². The first-order valence-electron chi connectivity index (χ1n) is 5.03. The summed E-state index contributed by atoms with van der Waals surface area (Å²) in [6.07, 6.45) is 0. The molecule has 0 bridgehead atoms. The fourth-order valence-corrected chi connectivity index (χ4v) is 1.78. The maximum absolute atomic E-state index is 10.7. The summed E-state index contributed by atoms with van der Waals surface area (Å²) in [6, 6.07) is 8.26. The van der Waals surface area contributed by atoms with Crippen molar-refractivity contribution in [2.24, 2.45) is 0 Å². The van der Waals surface area contributed by atoms with Gasteiger partial charge in [0, 0.05) is 22.5 Å². The molecule has 0 saturated heterocycles. The minimum absolute atomic E-state index is 0.163. The number of hydrogen-bond donors (Lipinski definition) is 1. The second-order valence-corrected chi connectivity index (χ2v) is 4.11. The molecular formula is C12H6ClNO4. The van der Waals surface area contributed by atoms with Crippen molar-refractivity contribution in [3.05, 3.63) is 41.0 Å². The van der Waals surface area contributed by atoms with Crippen molar-refractivity contribution in [3.8, 4) is 11.5 Å². The molecule has 5 nitrogen and oxygen atoms in total. The predicted octanol–water partition coefficient (Wildman–Crippen LogP) is 3.44. The molecule has 0 spiro atoms. The minimum atomic E-state index is -1.15. The Bertz CT molecular complexity index is 743.